The lowest BCUT2D eigenvalue weighted by atomic mass is 10.2. The summed E-state index contributed by atoms with van der Waals surface area (Å²) in [6.45, 7) is 2.02. The van der Waals surface area contributed by atoms with Gasteiger partial charge in [0.05, 0.1) is 17.1 Å². The van der Waals surface area contributed by atoms with E-state index in [0.717, 1.165) is 11.4 Å². The molecule has 0 amide bonds. The maximum absolute atomic E-state index is 12.0. The van der Waals surface area contributed by atoms with Crippen molar-refractivity contribution in [2.45, 2.75) is 6.92 Å². The number of aryl methyl sites for hydroxylation is 1. The van der Waals surface area contributed by atoms with Crippen molar-refractivity contribution in [1.82, 2.24) is 9.55 Å². The SMILES string of the molecule is Cc1ccc(-n2c3cccccc-3nc2=O)cc1. The number of hydrogen-bond donors (Lipinski definition) is 0. The first-order chi connectivity index (χ1) is 8.75. The molecule has 3 nitrogen and oxygen atoms in total. The van der Waals surface area contributed by atoms with Gasteiger partial charge in [-0.05, 0) is 31.2 Å². The van der Waals surface area contributed by atoms with Crippen molar-refractivity contribution in [3.8, 4) is 17.1 Å². The molecule has 3 heteroatoms. The standard InChI is InChI=1S/C15H12N2O/c1-11-7-9-12(10-8-11)17-14-6-4-2-3-5-13(14)16-15(17)18/h2-10H,1H3. The zero-order chi connectivity index (χ0) is 12.5. The normalized spacial score (nSPS) is 10.7. The lowest BCUT2D eigenvalue weighted by Crippen LogP contribution is -2.14. The number of benzene rings is 1. The summed E-state index contributed by atoms with van der Waals surface area (Å²) in [5.74, 6) is 0. The van der Waals surface area contributed by atoms with E-state index in [1.807, 2.05) is 61.5 Å². The van der Waals surface area contributed by atoms with Gasteiger partial charge in [0.25, 0.3) is 0 Å². The predicted octanol–water partition coefficient (Wildman–Crippen LogP) is 2.65. The van der Waals surface area contributed by atoms with Gasteiger partial charge in [-0.15, -0.1) is 0 Å². The van der Waals surface area contributed by atoms with Crippen molar-refractivity contribution in [2.24, 2.45) is 0 Å². The summed E-state index contributed by atoms with van der Waals surface area (Å²) in [6.07, 6.45) is 0. The number of hydrogen-bond acceptors (Lipinski definition) is 2. The van der Waals surface area contributed by atoms with Crippen LogP contribution in [0.4, 0.5) is 0 Å². The molecule has 1 heterocycles. The van der Waals surface area contributed by atoms with Crippen molar-refractivity contribution in [2.75, 3.05) is 0 Å². The molecule has 0 unspecified atom stereocenters. The smallest absolute Gasteiger partial charge is 0.259 e. The number of nitrogens with zero attached hydrogens (tertiary/aromatic N) is 2. The highest BCUT2D eigenvalue weighted by Gasteiger charge is 2.13. The Kier molecular flexibility index (Phi) is 2.45. The Hall–Kier alpha value is -2.42. The van der Waals surface area contributed by atoms with E-state index in [1.165, 1.54) is 5.56 Å². The Labute approximate surface area is 105 Å². The average Bonchev–Trinajstić information content (AvgIpc) is 2.54. The first kappa shape index (κ1) is 10.7. The molecule has 1 aliphatic heterocycles. The van der Waals surface area contributed by atoms with Crippen LogP contribution in [0.15, 0.2) is 59.4 Å². The maximum atomic E-state index is 12.0. The molecule has 0 spiro atoms. The monoisotopic (exact) mass is 236 g/mol. The van der Waals surface area contributed by atoms with E-state index in [0.29, 0.717) is 5.69 Å². The second-order valence-corrected chi connectivity index (χ2v) is 4.25. The fraction of sp³-hybridized carbons (Fsp3) is 0.0667. The van der Waals surface area contributed by atoms with Crippen LogP contribution in [0.1, 0.15) is 5.56 Å². The quantitative estimate of drug-likeness (QED) is 0.651. The van der Waals surface area contributed by atoms with Crippen LogP contribution in [0.3, 0.4) is 0 Å². The third-order valence-electron chi connectivity index (χ3n) is 2.93. The first-order valence-electron chi connectivity index (χ1n) is 5.80. The molecule has 0 aromatic heterocycles. The molecular formula is C15H12N2O. The zero-order valence-electron chi connectivity index (χ0n) is 10.00. The molecule has 2 aliphatic rings. The molecular weight excluding hydrogens is 224 g/mol. The molecule has 0 saturated carbocycles. The Morgan fingerprint density at radius 2 is 1.67 bits per heavy atom. The predicted molar refractivity (Wildman–Crippen MR) is 71.2 cm³/mol. The van der Waals surface area contributed by atoms with Crippen LogP contribution in [0.2, 0.25) is 0 Å². The van der Waals surface area contributed by atoms with Crippen LogP contribution in [-0.4, -0.2) is 9.55 Å². The number of rotatable bonds is 1. The molecule has 0 N–H and O–H groups in total. The van der Waals surface area contributed by atoms with Crippen molar-refractivity contribution in [3.05, 3.63) is 70.6 Å². The summed E-state index contributed by atoms with van der Waals surface area (Å²) >= 11 is 0. The lowest BCUT2D eigenvalue weighted by molar-refractivity contribution is 0.999. The van der Waals surface area contributed by atoms with Crippen LogP contribution < -0.4 is 5.69 Å². The van der Waals surface area contributed by atoms with Crippen molar-refractivity contribution in [3.63, 3.8) is 0 Å². The van der Waals surface area contributed by atoms with Crippen molar-refractivity contribution < 1.29 is 0 Å². The Morgan fingerprint density at radius 3 is 2.44 bits per heavy atom. The fourth-order valence-corrected chi connectivity index (χ4v) is 2.01. The van der Waals surface area contributed by atoms with Gasteiger partial charge in [0.2, 0.25) is 0 Å². The second-order valence-electron chi connectivity index (χ2n) is 4.25. The summed E-state index contributed by atoms with van der Waals surface area (Å²) in [4.78, 5) is 16.0. The van der Waals surface area contributed by atoms with Gasteiger partial charge in [0, 0.05) is 0 Å². The van der Waals surface area contributed by atoms with Gasteiger partial charge in [0.1, 0.15) is 0 Å². The molecule has 1 aliphatic carbocycles. The minimum atomic E-state index is -0.236. The minimum absolute atomic E-state index is 0.236. The highest BCUT2D eigenvalue weighted by atomic mass is 16.1. The van der Waals surface area contributed by atoms with Crippen LogP contribution in [-0.2, 0) is 0 Å². The average molecular weight is 236 g/mol. The summed E-state index contributed by atoms with van der Waals surface area (Å²) in [5, 5.41) is 0. The van der Waals surface area contributed by atoms with E-state index in [4.69, 9.17) is 0 Å². The summed E-state index contributed by atoms with van der Waals surface area (Å²) in [5.41, 5.74) is 3.32. The van der Waals surface area contributed by atoms with E-state index in [1.54, 1.807) is 4.57 Å². The topological polar surface area (TPSA) is 34.9 Å². The van der Waals surface area contributed by atoms with Crippen molar-refractivity contribution >= 4 is 0 Å². The zero-order valence-corrected chi connectivity index (χ0v) is 10.00. The lowest BCUT2D eigenvalue weighted by Gasteiger charge is -2.04. The van der Waals surface area contributed by atoms with E-state index < -0.39 is 0 Å². The van der Waals surface area contributed by atoms with Crippen LogP contribution in [0, 0.1) is 6.92 Å². The fourth-order valence-electron chi connectivity index (χ4n) is 2.01. The third-order valence-corrected chi connectivity index (χ3v) is 2.93. The minimum Gasteiger partial charge on any atom is -0.259 e. The van der Waals surface area contributed by atoms with Gasteiger partial charge in [0.15, 0.2) is 0 Å². The van der Waals surface area contributed by atoms with Gasteiger partial charge in [-0.1, -0.05) is 35.9 Å². The number of fused-ring (bicyclic) bond motifs is 1. The largest absolute Gasteiger partial charge is 0.353 e. The van der Waals surface area contributed by atoms with Crippen molar-refractivity contribution in [1.29, 1.82) is 0 Å². The molecule has 3 rings (SSSR count). The molecule has 88 valence electrons. The van der Waals surface area contributed by atoms with E-state index in [2.05, 4.69) is 4.98 Å². The van der Waals surface area contributed by atoms with Gasteiger partial charge in [-0.3, -0.25) is 4.57 Å². The summed E-state index contributed by atoms with van der Waals surface area (Å²) in [7, 11) is 0. The van der Waals surface area contributed by atoms with E-state index in [9.17, 15) is 4.79 Å². The van der Waals surface area contributed by atoms with Crippen LogP contribution in [0.5, 0.6) is 0 Å². The Bertz CT molecular complexity index is 713. The third kappa shape index (κ3) is 1.70. The molecule has 1 aromatic rings. The Morgan fingerprint density at radius 1 is 0.944 bits per heavy atom. The molecule has 0 radical (unpaired) electrons. The molecule has 0 saturated heterocycles. The molecule has 1 aromatic carbocycles. The number of aromatic nitrogens is 2. The Balaban J connectivity index is 2.29. The van der Waals surface area contributed by atoms with Crippen LogP contribution in [0.25, 0.3) is 17.1 Å². The summed E-state index contributed by atoms with van der Waals surface area (Å²) < 4.78 is 1.63. The molecule has 0 atom stereocenters. The van der Waals surface area contributed by atoms with E-state index >= 15 is 0 Å². The highest BCUT2D eigenvalue weighted by molar-refractivity contribution is 5.59. The van der Waals surface area contributed by atoms with Gasteiger partial charge in [-0.2, -0.15) is 4.98 Å². The van der Waals surface area contributed by atoms with Gasteiger partial charge in [-0.25, -0.2) is 4.79 Å². The molecule has 18 heavy (non-hydrogen) atoms. The van der Waals surface area contributed by atoms with Gasteiger partial charge < -0.3 is 0 Å². The van der Waals surface area contributed by atoms with Crippen LogP contribution >= 0.6 is 0 Å². The second kappa shape index (κ2) is 4.11. The summed E-state index contributed by atoms with van der Waals surface area (Å²) in [6, 6.07) is 17.3. The molecule has 0 bridgehead atoms. The highest BCUT2D eigenvalue weighted by Crippen LogP contribution is 2.20. The van der Waals surface area contributed by atoms with E-state index in [-0.39, 0.29) is 5.69 Å². The first-order valence-corrected chi connectivity index (χ1v) is 5.80. The maximum Gasteiger partial charge on any atom is 0.353 e. The molecule has 0 fully saturated rings. The number of imidazole rings is 1. The van der Waals surface area contributed by atoms with Gasteiger partial charge >= 0.3 is 5.69 Å².